The molecular formula is C12H18N2O2. The van der Waals surface area contributed by atoms with Gasteiger partial charge in [0.25, 0.3) is 0 Å². The summed E-state index contributed by atoms with van der Waals surface area (Å²) in [6.45, 7) is 1.11. The Morgan fingerprint density at radius 3 is 2.56 bits per heavy atom. The lowest BCUT2D eigenvalue weighted by molar-refractivity contribution is 0.156. The number of methoxy groups -OCH3 is 2. The summed E-state index contributed by atoms with van der Waals surface area (Å²) in [7, 11) is 3.26. The molecule has 2 N–H and O–H groups in total. The van der Waals surface area contributed by atoms with E-state index in [9.17, 15) is 0 Å². The predicted octanol–water partition coefficient (Wildman–Crippen LogP) is 1.38. The predicted molar refractivity (Wildman–Crippen MR) is 64.6 cm³/mol. The molecule has 0 aliphatic heterocycles. The largest absolute Gasteiger partial charge is 0.385 e. The summed E-state index contributed by atoms with van der Waals surface area (Å²) < 4.78 is 10.2. The van der Waals surface area contributed by atoms with E-state index >= 15 is 0 Å². The van der Waals surface area contributed by atoms with Crippen molar-refractivity contribution in [2.75, 3.05) is 27.4 Å². The third-order valence-electron chi connectivity index (χ3n) is 2.20. The highest BCUT2D eigenvalue weighted by molar-refractivity contribution is 5.86. The zero-order valence-corrected chi connectivity index (χ0v) is 9.72. The molecule has 1 unspecified atom stereocenters. The van der Waals surface area contributed by atoms with E-state index in [1.807, 2.05) is 30.3 Å². The molecule has 0 heterocycles. The van der Waals surface area contributed by atoms with Gasteiger partial charge in [-0.05, 0) is 5.56 Å². The zero-order valence-electron chi connectivity index (χ0n) is 9.72. The lowest BCUT2D eigenvalue weighted by Crippen LogP contribution is -2.24. The molecule has 0 fully saturated rings. The van der Waals surface area contributed by atoms with Crippen LogP contribution in [0.4, 0.5) is 0 Å². The molecule has 0 saturated carbocycles. The van der Waals surface area contributed by atoms with Gasteiger partial charge in [-0.3, -0.25) is 4.99 Å². The molecule has 1 atom stereocenters. The molecule has 0 spiro atoms. The van der Waals surface area contributed by atoms with Crippen molar-refractivity contribution >= 4 is 5.84 Å². The molecule has 4 nitrogen and oxygen atoms in total. The van der Waals surface area contributed by atoms with Crippen molar-refractivity contribution in [2.45, 2.75) is 6.10 Å². The number of amidine groups is 1. The van der Waals surface area contributed by atoms with Gasteiger partial charge in [0.15, 0.2) is 0 Å². The van der Waals surface area contributed by atoms with E-state index in [0.717, 1.165) is 5.56 Å². The molecule has 1 aromatic carbocycles. The number of nitrogens with two attached hydrogens (primary N) is 1. The summed E-state index contributed by atoms with van der Waals surface area (Å²) in [6, 6.07) is 9.78. The van der Waals surface area contributed by atoms with Crippen LogP contribution in [0.15, 0.2) is 35.3 Å². The third-order valence-corrected chi connectivity index (χ3v) is 2.20. The first kappa shape index (κ1) is 12.7. The first-order valence-electron chi connectivity index (χ1n) is 5.16. The van der Waals surface area contributed by atoms with Crippen LogP contribution in [-0.2, 0) is 9.47 Å². The molecule has 0 aliphatic rings. The summed E-state index contributed by atoms with van der Waals surface area (Å²) in [5.74, 6) is 0.478. The fourth-order valence-electron chi connectivity index (χ4n) is 1.40. The number of aliphatic imine (C=N–C) groups is 1. The van der Waals surface area contributed by atoms with Crippen molar-refractivity contribution in [2.24, 2.45) is 10.7 Å². The van der Waals surface area contributed by atoms with Crippen LogP contribution in [0.1, 0.15) is 11.7 Å². The van der Waals surface area contributed by atoms with Gasteiger partial charge in [0.2, 0.25) is 0 Å². The average Bonchev–Trinajstić information content (AvgIpc) is 2.32. The van der Waals surface area contributed by atoms with Crippen molar-refractivity contribution in [3.05, 3.63) is 35.9 Å². The van der Waals surface area contributed by atoms with Crippen molar-refractivity contribution in [3.8, 4) is 0 Å². The summed E-state index contributed by atoms with van der Waals surface area (Å²) in [6.07, 6.45) is -0.280. The second kappa shape index (κ2) is 6.98. The number of hydrogen-bond acceptors (Lipinski definition) is 3. The normalized spacial score (nSPS) is 13.8. The van der Waals surface area contributed by atoms with Crippen molar-refractivity contribution in [3.63, 3.8) is 0 Å². The van der Waals surface area contributed by atoms with Gasteiger partial charge in [0.1, 0.15) is 11.9 Å². The number of benzene rings is 1. The molecule has 0 radical (unpaired) electrons. The first-order chi connectivity index (χ1) is 7.79. The maximum absolute atomic E-state index is 5.87. The van der Waals surface area contributed by atoms with Crippen molar-refractivity contribution in [1.82, 2.24) is 0 Å². The molecule has 4 heteroatoms. The minimum absolute atomic E-state index is 0.280. The quantitative estimate of drug-likeness (QED) is 0.449. The second-order valence-corrected chi connectivity index (χ2v) is 3.33. The van der Waals surface area contributed by atoms with Crippen molar-refractivity contribution in [1.29, 1.82) is 0 Å². The van der Waals surface area contributed by atoms with E-state index in [1.165, 1.54) is 0 Å². The Hall–Kier alpha value is -1.39. The molecule has 1 rings (SSSR count). The molecule has 0 aromatic heterocycles. The Labute approximate surface area is 96.1 Å². The summed E-state index contributed by atoms with van der Waals surface area (Å²) in [5, 5.41) is 0. The Kier molecular flexibility index (Phi) is 5.53. The lowest BCUT2D eigenvalue weighted by Gasteiger charge is -2.15. The van der Waals surface area contributed by atoms with E-state index in [0.29, 0.717) is 19.0 Å². The van der Waals surface area contributed by atoms with Gasteiger partial charge >= 0.3 is 0 Å². The van der Waals surface area contributed by atoms with Gasteiger partial charge in [-0.15, -0.1) is 0 Å². The van der Waals surface area contributed by atoms with Crippen LogP contribution in [0.25, 0.3) is 0 Å². The molecule has 88 valence electrons. The molecule has 1 aromatic rings. The maximum Gasteiger partial charge on any atom is 0.139 e. The van der Waals surface area contributed by atoms with Crippen LogP contribution in [-0.4, -0.2) is 33.2 Å². The number of rotatable bonds is 6. The van der Waals surface area contributed by atoms with Crippen LogP contribution in [0.2, 0.25) is 0 Å². The van der Waals surface area contributed by atoms with Crippen LogP contribution >= 0.6 is 0 Å². The fourth-order valence-corrected chi connectivity index (χ4v) is 1.40. The topological polar surface area (TPSA) is 56.8 Å². The van der Waals surface area contributed by atoms with Gasteiger partial charge in [-0.25, -0.2) is 0 Å². The fraction of sp³-hybridized carbons (Fsp3) is 0.417. The average molecular weight is 222 g/mol. The van der Waals surface area contributed by atoms with Gasteiger partial charge in [-0.1, -0.05) is 30.3 Å². The highest BCUT2D eigenvalue weighted by atomic mass is 16.5. The third kappa shape index (κ3) is 3.64. The monoisotopic (exact) mass is 222 g/mol. The minimum Gasteiger partial charge on any atom is -0.385 e. The second-order valence-electron chi connectivity index (χ2n) is 3.33. The SMILES string of the molecule is COCCN=C(N)C(OC)c1ccccc1. The molecule has 0 bridgehead atoms. The van der Waals surface area contributed by atoms with E-state index in [4.69, 9.17) is 15.2 Å². The summed E-state index contributed by atoms with van der Waals surface area (Å²) >= 11 is 0. The molecular weight excluding hydrogens is 204 g/mol. The van der Waals surface area contributed by atoms with Crippen LogP contribution in [0.5, 0.6) is 0 Å². The number of ether oxygens (including phenoxy) is 2. The van der Waals surface area contributed by atoms with Crippen LogP contribution in [0, 0.1) is 0 Å². The standard InChI is InChI=1S/C12H18N2O2/c1-15-9-8-14-12(13)11(16-2)10-6-4-3-5-7-10/h3-7,11H,8-9H2,1-2H3,(H2,13,14). The summed E-state index contributed by atoms with van der Waals surface area (Å²) in [5.41, 5.74) is 6.87. The molecule has 0 aliphatic carbocycles. The zero-order chi connectivity index (χ0) is 11.8. The smallest absolute Gasteiger partial charge is 0.139 e. The van der Waals surface area contributed by atoms with Crippen LogP contribution in [0.3, 0.4) is 0 Å². The highest BCUT2D eigenvalue weighted by Gasteiger charge is 2.13. The Morgan fingerprint density at radius 2 is 2.00 bits per heavy atom. The molecule has 16 heavy (non-hydrogen) atoms. The van der Waals surface area contributed by atoms with E-state index < -0.39 is 0 Å². The van der Waals surface area contributed by atoms with E-state index in [1.54, 1.807) is 14.2 Å². The van der Waals surface area contributed by atoms with Crippen LogP contribution < -0.4 is 5.73 Å². The van der Waals surface area contributed by atoms with E-state index in [2.05, 4.69) is 4.99 Å². The molecule has 0 saturated heterocycles. The number of nitrogens with zero attached hydrogens (tertiary/aromatic N) is 1. The van der Waals surface area contributed by atoms with Gasteiger partial charge < -0.3 is 15.2 Å². The Balaban J connectivity index is 2.71. The lowest BCUT2D eigenvalue weighted by atomic mass is 10.1. The summed E-state index contributed by atoms with van der Waals surface area (Å²) in [4.78, 5) is 4.21. The van der Waals surface area contributed by atoms with Gasteiger partial charge in [0.05, 0.1) is 13.2 Å². The van der Waals surface area contributed by atoms with Crippen molar-refractivity contribution < 1.29 is 9.47 Å². The molecule has 0 amide bonds. The van der Waals surface area contributed by atoms with Gasteiger partial charge in [0, 0.05) is 14.2 Å². The first-order valence-corrected chi connectivity index (χ1v) is 5.16. The minimum atomic E-state index is -0.280. The Bertz CT molecular complexity index is 325. The number of hydrogen-bond donors (Lipinski definition) is 1. The highest BCUT2D eigenvalue weighted by Crippen LogP contribution is 2.15. The Morgan fingerprint density at radius 1 is 1.31 bits per heavy atom. The van der Waals surface area contributed by atoms with Gasteiger partial charge in [-0.2, -0.15) is 0 Å². The van der Waals surface area contributed by atoms with E-state index in [-0.39, 0.29) is 6.10 Å². The maximum atomic E-state index is 5.87.